The van der Waals surface area contributed by atoms with Crippen molar-refractivity contribution in [3.05, 3.63) is 65.2 Å². The van der Waals surface area contributed by atoms with E-state index in [1.165, 1.54) is 0 Å². The van der Waals surface area contributed by atoms with E-state index in [0.29, 0.717) is 35.2 Å². The Morgan fingerprint density at radius 3 is 2.89 bits per heavy atom. The van der Waals surface area contributed by atoms with Gasteiger partial charge < -0.3 is 14.6 Å². The SMILES string of the molecule is Cc1cc(COc2cccc(-c3cc(NC4CC4)n4ncc(/C=C5\CC(=O)NC5=O)c4n3)c2)no1. The van der Waals surface area contributed by atoms with Crippen LogP contribution in [0.15, 0.2) is 52.7 Å². The Hall–Kier alpha value is -4.47. The lowest BCUT2D eigenvalue weighted by Gasteiger charge is -2.11. The molecule has 176 valence electrons. The first kappa shape index (κ1) is 21.1. The number of hydrogen-bond acceptors (Lipinski definition) is 8. The molecule has 0 radical (unpaired) electrons. The summed E-state index contributed by atoms with van der Waals surface area (Å²) >= 11 is 0. The minimum atomic E-state index is -0.381. The van der Waals surface area contributed by atoms with Gasteiger partial charge in [0.05, 0.1) is 18.3 Å². The molecule has 4 heterocycles. The standard InChI is InChI=1S/C25H22N6O4/c1-14-7-19(30-35-14)13-34-20-4-2-3-15(9-20)21-11-22(27-18-5-6-18)31-24(28-21)17(12-26-31)8-16-10-23(32)29-25(16)33/h2-4,7-9,11-12,18,27H,5-6,10,13H2,1H3,(H,29,32,33)/b16-8+. The van der Waals surface area contributed by atoms with E-state index in [1.807, 2.05) is 43.3 Å². The lowest BCUT2D eigenvalue weighted by atomic mass is 10.1. The number of nitrogens with zero attached hydrogens (tertiary/aromatic N) is 4. The third-order valence-electron chi connectivity index (χ3n) is 5.85. The van der Waals surface area contributed by atoms with Crippen LogP contribution in [0.5, 0.6) is 5.75 Å². The molecule has 2 aliphatic rings. The van der Waals surface area contributed by atoms with Gasteiger partial charge in [-0.2, -0.15) is 9.61 Å². The summed E-state index contributed by atoms with van der Waals surface area (Å²) in [6.07, 6.45) is 5.59. The molecule has 10 heteroatoms. The highest BCUT2D eigenvalue weighted by Crippen LogP contribution is 2.31. The largest absolute Gasteiger partial charge is 0.487 e. The summed E-state index contributed by atoms with van der Waals surface area (Å²) in [6, 6.07) is 11.9. The molecular formula is C25H22N6O4. The van der Waals surface area contributed by atoms with Crippen molar-refractivity contribution in [2.75, 3.05) is 5.32 Å². The number of fused-ring (bicyclic) bond motifs is 1. The van der Waals surface area contributed by atoms with E-state index in [2.05, 4.69) is 20.9 Å². The quantitative estimate of drug-likeness (QED) is 0.312. The molecule has 6 rings (SSSR count). The highest BCUT2D eigenvalue weighted by atomic mass is 16.5. The summed E-state index contributed by atoms with van der Waals surface area (Å²) in [5.74, 6) is 1.54. The van der Waals surface area contributed by atoms with Gasteiger partial charge in [-0.3, -0.25) is 14.9 Å². The van der Waals surface area contributed by atoms with Crippen LogP contribution in [0.4, 0.5) is 5.82 Å². The minimum Gasteiger partial charge on any atom is -0.487 e. The average Bonchev–Trinajstić information content (AvgIpc) is 3.26. The van der Waals surface area contributed by atoms with Crippen molar-refractivity contribution in [1.82, 2.24) is 25.1 Å². The van der Waals surface area contributed by atoms with Crippen LogP contribution in [0.1, 0.15) is 36.3 Å². The third kappa shape index (κ3) is 4.37. The molecule has 1 aliphatic carbocycles. The molecule has 10 nitrogen and oxygen atoms in total. The number of benzene rings is 1. The van der Waals surface area contributed by atoms with Crippen LogP contribution in [-0.4, -0.2) is 37.6 Å². The van der Waals surface area contributed by atoms with E-state index < -0.39 is 0 Å². The number of carbonyl (C=O) groups is 2. The number of hydrogen-bond donors (Lipinski definition) is 2. The number of ether oxygens (including phenoxy) is 1. The smallest absolute Gasteiger partial charge is 0.254 e. The molecule has 4 aromatic rings. The van der Waals surface area contributed by atoms with Gasteiger partial charge in [0.25, 0.3) is 5.91 Å². The second-order valence-electron chi connectivity index (χ2n) is 8.75. The Labute approximate surface area is 200 Å². The van der Waals surface area contributed by atoms with Gasteiger partial charge in [0.15, 0.2) is 5.65 Å². The van der Waals surface area contributed by atoms with Crippen LogP contribution >= 0.6 is 0 Å². The fourth-order valence-electron chi connectivity index (χ4n) is 3.97. The highest BCUT2D eigenvalue weighted by Gasteiger charge is 2.26. The van der Waals surface area contributed by atoms with Crippen LogP contribution in [0, 0.1) is 6.92 Å². The van der Waals surface area contributed by atoms with Crippen molar-refractivity contribution in [2.24, 2.45) is 0 Å². The maximum absolute atomic E-state index is 12.1. The Kier molecular flexibility index (Phi) is 5.05. The fourth-order valence-corrected chi connectivity index (χ4v) is 3.97. The van der Waals surface area contributed by atoms with E-state index in [4.69, 9.17) is 14.2 Å². The first-order valence-corrected chi connectivity index (χ1v) is 11.4. The normalized spacial score (nSPS) is 16.8. The van der Waals surface area contributed by atoms with Crippen molar-refractivity contribution >= 4 is 29.4 Å². The number of amides is 2. The van der Waals surface area contributed by atoms with E-state index in [9.17, 15) is 9.59 Å². The third-order valence-corrected chi connectivity index (χ3v) is 5.85. The Morgan fingerprint density at radius 2 is 2.14 bits per heavy atom. The Bertz CT molecular complexity index is 1500. The molecule has 35 heavy (non-hydrogen) atoms. The molecule has 0 atom stereocenters. The van der Waals surface area contributed by atoms with Crippen molar-refractivity contribution in [1.29, 1.82) is 0 Å². The number of imide groups is 1. The van der Waals surface area contributed by atoms with Crippen molar-refractivity contribution < 1.29 is 18.8 Å². The van der Waals surface area contributed by atoms with Gasteiger partial charge >= 0.3 is 0 Å². The van der Waals surface area contributed by atoms with Crippen LogP contribution in [0.2, 0.25) is 0 Å². The first-order valence-electron chi connectivity index (χ1n) is 11.4. The molecule has 0 bridgehead atoms. The zero-order valence-electron chi connectivity index (χ0n) is 18.9. The molecule has 2 fully saturated rings. The maximum atomic E-state index is 12.1. The Morgan fingerprint density at radius 1 is 1.26 bits per heavy atom. The van der Waals surface area contributed by atoms with Gasteiger partial charge in [-0.25, -0.2) is 4.98 Å². The topological polar surface area (TPSA) is 124 Å². The van der Waals surface area contributed by atoms with E-state index in [-0.39, 0.29) is 18.2 Å². The number of aromatic nitrogens is 4. The molecular weight excluding hydrogens is 448 g/mol. The van der Waals surface area contributed by atoms with E-state index in [0.717, 1.165) is 41.4 Å². The van der Waals surface area contributed by atoms with E-state index >= 15 is 0 Å². The van der Waals surface area contributed by atoms with Crippen molar-refractivity contribution in [3.8, 4) is 17.0 Å². The number of rotatable bonds is 7. The van der Waals surface area contributed by atoms with Gasteiger partial charge in [-0.05, 0) is 38.0 Å². The molecule has 2 amide bonds. The maximum Gasteiger partial charge on any atom is 0.254 e. The summed E-state index contributed by atoms with van der Waals surface area (Å²) in [5.41, 5.74) is 3.97. The van der Waals surface area contributed by atoms with Gasteiger partial charge in [0.2, 0.25) is 5.91 Å². The molecule has 1 aromatic carbocycles. The molecule has 0 unspecified atom stereocenters. The number of carbonyl (C=O) groups excluding carboxylic acids is 2. The van der Waals surface area contributed by atoms with Crippen LogP contribution < -0.4 is 15.4 Å². The molecule has 1 saturated carbocycles. The molecule has 1 saturated heterocycles. The summed E-state index contributed by atoms with van der Waals surface area (Å²) in [4.78, 5) is 28.5. The summed E-state index contributed by atoms with van der Waals surface area (Å²) in [5, 5.41) is 14.3. The fraction of sp³-hybridized carbons (Fsp3) is 0.240. The van der Waals surface area contributed by atoms with Crippen LogP contribution in [0.25, 0.3) is 23.0 Å². The van der Waals surface area contributed by atoms with Gasteiger partial charge in [0.1, 0.15) is 29.6 Å². The van der Waals surface area contributed by atoms with Crippen LogP contribution in [-0.2, 0) is 16.2 Å². The van der Waals surface area contributed by atoms with Crippen molar-refractivity contribution in [2.45, 2.75) is 38.8 Å². The zero-order valence-corrected chi connectivity index (χ0v) is 18.9. The lowest BCUT2D eigenvalue weighted by Crippen LogP contribution is -2.19. The van der Waals surface area contributed by atoms with Gasteiger partial charge in [-0.15, -0.1) is 0 Å². The second-order valence-corrected chi connectivity index (χ2v) is 8.75. The number of nitrogens with one attached hydrogen (secondary N) is 2. The Balaban J connectivity index is 1.37. The predicted octanol–water partition coefficient (Wildman–Crippen LogP) is 3.28. The average molecular weight is 470 g/mol. The zero-order chi connectivity index (χ0) is 23.9. The van der Waals surface area contributed by atoms with E-state index in [1.54, 1.807) is 16.8 Å². The molecule has 2 N–H and O–H groups in total. The number of anilines is 1. The monoisotopic (exact) mass is 470 g/mol. The second kappa shape index (κ2) is 8.39. The molecule has 0 spiro atoms. The highest BCUT2D eigenvalue weighted by molar-refractivity contribution is 6.15. The van der Waals surface area contributed by atoms with Crippen molar-refractivity contribution in [3.63, 3.8) is 0 Å². The summed E-state index contributed by atoms with van der Waals surface area (Å²) in [6.45, 7) is 2.13. The first-order chi connectivity index (χ1) is 17.0. The van der Waals surface area contributed by atoms with Crippen LogP contribution in [0.3, 0.4) is 0 Å². The van der Waals surface area contributed by atoms with Gasteiger partial charge in [0, 0.05) is 34.9 Å². The molecule has 3 aromatic heterocycles. The minimum absolute atomic E-state index is 0.0491. The number of aryl methyl sites for hydroxylation is 1. The lowest BCUT2D eigenvalue weighted by molar-refractivity contribution is -0.124. The molecule has 1 aliphatic heterocycles. The summed E-state index contributed by atoms with van der Waals surface area (Å²) in [7, 11) is 0. The predicted molar refractivity (Wildman–Crippen MR) is 126 cm³/mol. The van der Waals surface area contributed by atoms with Gasteiger partial charge in [-0.1, -0.05) is 17.3 Å². The summed E-state index contributed by atoms with van der Waals surface area (Å²) < 4.78 is 12.7.